The van der Waals surface area contributed by atoms with Crippen molar-refractivity contribution in [3.63, 3.8) is 0 Å². The average molecular weight is 189 g/mol. The molecular weight excluding hydrogens is 174 g/mol. The number of rotatable bonds is 2. The molecule has 0 bridgehead atoms. The molecule has 2 nitrogen and oxygen atoms in total. The minimum Gasteiger partial charge on any atom is -0.307 e. The van der Waals surface area contributed by atoms with Crippen molar-refractivity contribution in [3.05, 3.63) is 30.3 Å². The van der Waals surface area contributed by atoms with Gasteiger partial charge in [0.2, 0.25) is 5.91 Å². The Morgan fingerprint density at radius 1 is 1.29 bits per heavy atom. The summed E-state index contributed by atoms with van der Waals surface area (Å²) in [4.78, 5) is 13.5. The molecule has 1 aromatic carbocycles. The minimum absolute atomic E-state index is 0.0766. The zero-order valence-electron chi connectivity index (χ0n) is 8.66. The summed E-state index contributed by atoms with van der Waals surface area (Å²) in [6.07, 6.45) is 2.23. The molecule has 1 aliphatic carbocycles. The van der Waals surface area contributed by atoms with Gasteiger partial charge in [-0.25, -0.2) is 0 Å². The van der Waals surface area contributed by atoms with E-state index in [1.165, 1.54) is 0 Å². The number of amides is 1. The summed E-state index contributed by atoms with van der Waals surface area (Å²) in [7, 11) is 0. The zero-order chi connectivity index (χ0) is 10.2. The molecule has 2 rings (SSSR count). The van der Waals surface area contributed by atoms with E-state index in [0.717, 1.165) is 18.5 Å². The fourth-order valence-corrected chi connectivity index (χ4v) is 1.86. The SMILES string of the molecule is CC(=O)N(c1ccccc1)C1(C)CC1. The molecule has 0 aliphatic heterocycles. The highest BCUT2D eigenvalue weighted by Crippen LogP contribution is 2.43. The second-order valence-electron chi connectivity index (χ2n) is 4.19. The predicted octanol–water partition coefficient (Wildman–Crippen LogP) is 2.59. The first-order valence-electron chi connectivity index (χ1n) is 4.99. The lowest BCUT2D eigenvalue weighted by molar-refractivity contribution is -0.117. The molecule has 0 N–H and O–H groups in total. The van der Waals surface area contributed by atoms with Crippen LogP contribution in [0.1, 0.15) is 26.7 Å². The van der Waals surface area contributed by atoms with Crippen molar-refractivity contribution in [2.75, 3.05) is 4.90 Å². The maximum absolute atomic E-state index is 11.6. The first-order chi connectivity index (χ1) is 6.63. The van der Waals surface area contributed by atoms with E-state index in [-0.39, 0.29) is 11.4 Å². The van der Waals surface area contributed by atoms with Crippen LogP contribution in [0.5, 0.6) is 0 Å². The van der Waals surface area contributed by atoms with E-state index >= 15 is 0 Å². The normalized spacial score (nSPS) is 17.6. The van der Waals surface area contributed by atoms with Gasteiger partial charge in [0.05, 0.1) is 0 Å². The predicted molar refractivity (Wildman–Crippen MR) is 57.2 cm³/mol. The lowest BCUT2D eigenvalue weighted by Crippen LogP contribution is -2.38. The van der Waals surface area contributed by atoms with Gasteiger partial charge in [0.15, 0.2) is 0 Å². The van der Waals surface area contributed by atoms with Gasteiger partial charge in [-0.2, -0.15) is 0 Å². The summed E-state index contributed by atoms with van der Waals surface area (Å²) < 4.78 is 0. The monoisotopic (exact) mass is 189 g/mol. The molecule has 0 saturated heterocycles. The Morgan fingerprint density at radius 3 is 2.29 bits per heavy atom. The Bertz CT molecular complexity index is 341. The van der Waals surface area contributed by atoms with Crippen LogP contribution >= 0.6 is 0 Å². The molecule has 0 radical (unpaired) electrons. The van der Waals surface area contributed by atoms with Crippen molar-refractivity contribution < 1.29 is 4.79 Å². The summed E-state index contributed by atoms with van der Waals surface area (Å²) in [6.45, 7) is 3.78. The molecular formula is C12H15NO. The lowest BCUT2D eigenvalue weighted by Gasteiger charge is -2.28. The van der Waals surface area contributed by atoms with Crippen molar-refractivity contribution in [1.82, 2.24) is 0 Å². The molecule has 1 aromatic rings. The molecule has 1 amide bonds. The van der Waals surface area contributed by atoms with Crippen molar-refractivity contribution in [3.8, 4) is 0 Å². The summed E-state index contributed by atoms with van der Waals surface area (Å²) in [5, 5.41) is 0. The van der Waals surface area contributed by atoms with Gasteiger partial charge in [-0.3, -0.25) is 4.79 Å². The number of para-hydroxylation sites is 1. The third-order valence-corrected chi connectivity index (χ3v) is 2.84. The maximum Gasteiger partial charge on any atom is 0.224 e. The number of nitrogens with zero attached hydrogens (tertiary/aromatic N) is 1. The molecule has 1 fully saturated rings. The summed E-state index contributed by atoms with van der Waals surface area (Å²) >= 11 is 0. The largest absolute Gasteiger partial charge is 0.307 e. The van der Waals surface area contributed by atoms with E-state index in [4.69, 9.17) is 0 Å². The number of anilines is 1. The van der Waals surface area contributed by atoms with Crippen molar-refractivity contribution >= 4 is 11.6 Å². The van der Waals surface area contributed by atoms with Gasteiger partial charge in [-0.05, 0) is 31.9 Å². The third-order valence-electron chi connectivity index (χ3n) is 2.84. The van der Waals surface area contributed by atoms with Crippen LogP contribution < -0.4 is 4.90 Å². The molecule has 1 saturated carbocycles. The molecule has 0 spiro atoms. The van der Waals surface area contributed by atoms with Crippen LogP contribution in [0.2, 0.25) is 0 Å². The standard InChI is InChI=1S/C12H15NO/c1-10(14)13(12(2)8-9-12)11-6-4-3-5-7-11/h3-7H,8-9H2,1-2H3. The Kier molecular flexibility index (Phi) is 2.06. The maximum atomic E-state index is 11.6. The van der Waals surface area contributed by atoms with E-state index in [0.29, 0.717) is 0 Å². The fraction of sp³-hybridized carbons (Fsp3) is 0.417. The van der Waals surface area contributed by atoms with Crippen molar-refractivity contribution in [1.29, 1.82) is 0 Å². The highest BCUT2D eigenvalue weighted by molar-refractivity contribution is 5.93. The summed E-state index contributed by atoms with van der Waals surface area (Å²) in [6, 6.07) is 9.89. The van der Waals surface area contributed by atoms with Gasteiger partial charge in [0.1, 0.15) is 0 Å². The van der Waals surface area contributed by atoms with Gasteiger partial charge in [0.25, 0.3) is 0 Å². The molecule has 0 unspecified atom stereocenters. The van der Waals surface area contributed by atoms with Crippen LogP contribution in [0.4, 0.5) is 5.69 Å². The molecule has 0 heterocycles. The van der Waals surface area contributed by atoms with Crippen LogP contribution in [0.25, 0.3) is 0 Å². The molecule has 1 aliphatic rings. The molecule has 74 valence electrons. The number of hydrogen-bond acceptors (Lipinski definition) is 1. The first-order valence-corrected chi connectivity index (χ1v) is 4.99. The fourth-order valence-electron chi connectivity index (χ4n) is 1.86. The quantitative estimate of drug-likeness (QED) is 0.700. The average Bonchev–Trinajstić information content (AvgIpc) is 2.85. The van der Waals surface area contributed by atoms with Gasteiger partial charge in [-0.15, -0.1) is 0 Å². The van der Waals surface area contributed by atoms with Crippen molar-refractivity contribution in [2.45, 2.75) is 32.2 Å². The van der Waals surface area contributed by atoms with Gasteiger partial charge >= 0.3 is 0 Å². The van der Waals surface area contributed by atoms with E-state index in [9.17, 15) is 4.79 Å². The van der Waals surface area contributed by atoms with Gasteiger partial charge in [-0.1, -0.05) is 18.2 Å². The summed E-state index contributed by atoms with van der Waals surface area (Å²) in [5.74, 6) is 0.135. The van der Waals surface area contributed by atoms with Crippen LogP contribution in [-0.2, 0) is 4.79 Å². The number of hydrogen-bond donors (Lipinski definition) is 0. The second-order valence-corrected chi connectivity index (χ2v) is 4.19. The smallest absolute Gasteiger partial charge is 0.224 e. The van der Waals surface area contributed by atoms with E-state index in [1.54, 1.807) is 6.92 Å². The van der Waals surface area contributed by atoms with Gasteiger partial charge in [0, 0.05) is 18.2 Å². The first kappa shape index (κ1) is 9.25. The third kappa shape index (κ3) is 1.52. The second kappa shape index (κ2) is 3.12. The Morgan fingerprint density at radius 2 is 1.86 bits per heavy atom. The number of benzene rings is 1. The number of carbonyl (C=O) groups excluding carboxylic acids is 1. The lowest BCUT2D eigenvalue weighted by atomic mass is 10.2. The number of carbonyl (C=O) groups is 1. The van der Waals surface area contributed by atoms with Gasteiger partial charge < -0.3 is 4.90 Å². The van der Waals surface area contributed by atoms with Crippen LogP contribution in [0.3, 0.4) is 0 Å². The topological polar surface area (TPSA) is 20.3 Å². The Hall–Kier alpha value is -1.31. The Balaban J connectivity index is 2.33. The van der Waals surface area contributed by atoms with Crippen LogP contribution in [-0.4, -0.2) is 11.4 Å². The van der Waals surface area contributed by atoms with Crippen LogP contribution in [0, 0.1) is 0 Å². The molecule has 2 heteroatoms. The Labute approximate surface area is 84.5 Å². The van der Waals surface area contributed by atoms with E-state index in [1.807, 2.05) is 35.2 Å². The summed E-state index contributed by atoms with van der Waals surface area (Å²) in [5.41, 5.74) is 1.09. The van der Waals surface area contributed by atoms with Crippen LogP contribution in [0.15, 0.2) is 30.3 Å². The highest BCUT2D eigenvalue weighted by Gasteiger charge is 2.45. The van der Waals surface area contributed by atoms with E-state index < -0.39 is 0 Å². The molecule has 0 aromatic heterocycles. The minimum atomic E-state index is 0.0766. The van der Waals surface area contributed by atoms with E-state index in [2.05, 4.69) is 6.92 Å². The molecule has 14 heavy (non-hydrogen) atoms. The highest BCUT2D eigenvalue weighted by atomic mass is 16.2. The molecule has 0 atom stereocenters. The zero-order valence-corrected chi connectivity index (χ0v) is 8.66. The van der Waals surface area contributed by atoms with Crippen molar-refractivity contribution in [2.24, 2.45) is 0 Å².